The molecule has 0 spiro atoms. The topological polar surface area (TPSA) is 96.2 Å². The Morgan fingerprint density at radius 1 is 1.15 bits per heavy atom. The molecular formula is C21H36O6. The van der Waals surface area contributed by atoms with Gasteiger partial charge in [0, 0.05) is 25.2 Å². The molecule has 27 heavy (non-hydrogen) atoms. The molecule has 3 fully saturated rings. The van der Waals surface area contributed by atoms with Crippen molar-refractivity contribution in [3.8, 4) is 0 Å². The summed E-state index contributed by atoms with van der Waals surface area (Å²) >= 11 is 0. The van der Waals surface area contributed by atoms with Gasteiger partial charge in [-0.25, -0.2) is 0 Å². The Balaban J connectivity index is 2.06. The summed E-state index contributed by atoms with van der Waals surface area (Å²) in [6.07, 6.45) is 0.0863. The van der Waals surface area contributed by atoms with E-state index >= 15 is 0 Å². The van der Waals surface area contributed by atoms with Gasteiger partial charge in [0.25, 0.3) is 0 Å². The Kier molecular flexibility index (Phi) is 5.67. The van der Waals surface area contributed by atoms with Crippen LogP contribution in [0, 0.1) is 23.7 Å². The third kappa shape index (κ3) is 3.78. The Labute approximate surface area is 162 Å². The van der Waals surface area contributed by atoms with Crippen LogP contribution >= 0.6 is 0 Å². The Morgan fingerprint density at radius 3 is 2.41 bits per heavy atom. The minimum absolute atomic E-state index is 0.0468. The molecule has 2 aliphatic heterocycles. The fraction of sp³-hybridized carbons (Fsp3) is 0.952. The van der Waals surface area contributed by atoms with E-state index in [4.69, 9.17) is 9.47 Å². The first-order valence-electron chi connectivity index (χ1n) is 10.4. The molecule has 0 aromatic carbocycles. The zero-order chi connectivity index (χ0) is 20.1. The van der Waals surface area contributed by atoms with Gasteiger partial charge >= 0.3 is 5.97 Å². The summed E-state index contributed by atoms with van der Waals surface area (Å²) < 4.78 is 12.2. The van der Waals surface area contributed by atoms with Gasteiger partial charge in [0.2, 0.25) is 0 Å². The molecule has 0 unspecified atom stereocenters. The van der Waals surface area contributed by atoms with E-state index in [9.17, 15) is 20.1 Å². The third-order valence-corrected chi connectivity index (χ3v) is 7.37. The predicted molar refractivity (Wildman–Crippen MR) is 99.9 cm³/mol. The normalized spacial score (nSPS) is 50.5. The predicted octanol–water partition coefficient (Wildman–Crippen LogP) is 2.03. The second-order valence-corrected chi connectivity index (χ2v) is 9.82. The number of aliphatic hydroxyl groups excluding tert-OH is 2. The highest BCUT2D eigenvalue weighted by atomic mass is 16.6. The summed E-state index contributed by atoms with van der Waals surface area (Å²) in [5, 5.41) is 32.0. The number of carbonyl (C=O) groups is 1. The lowest BCUT2D eigenvalue weighted by molar-refractivity contribution is -0.175. The van der Waals surface area contributed by atoms with E-state index in [-0.39, 0.29) is 30.3 Å². The van der Waals surface area contributed by atoms with Crippen LogP contribution in [0.3, 0.4) is 0 Å². The van der Waals surface area contributed by atoms with E-state index in [1.54, 1.807) is 6.92 Å². The number of rotatable bonds is 2. The van der Waals surface area contributed by atoms with Gasteiger partial charge in [-0.2, -0.15) is 0 Å². The van der Waals surface area contributed by atoms with Gasteiger partial charge in [0.1, 0.15) is 5.60 Å². The number of aliphatic hydroxyl groups is 3. The standard InChI is InChI=1S/C21H36O6/c1-11(2)13-6-9-21(5,27-12(3)22)18-16-10-15(24)14(23)7-8-20(4,25)19(26-16)17(13)18/h11,13-19,23-25H,6-10H2,1-5H3/t13-,14+,15+,16-,17-,18-,19-,20-,21-/m1/s1. The summed E-state index contributed by atoms with van der Waals surface area (Å²) in [4.78, 5) is 11.8. The molecule has 6 heteroatoms. The molecule has 1 saturated carbocycles. The van der Waals surface area contributed by atoms with Crippen molar-refractivity contribution in [3.05, 3.63) is 0 Å². The average Bonchev–Trinajstić information content (AvgIpc) is 2.93. The first-order valence-corrected chi connectivity index (χ1v) is 10.4. The zero-order valence-electron chi connectivity index (χ0n) is 17.2. The van der Waals surface area contributed by atoms with Crippen molar-refractivity contribution < 1.29 is 29.6 Å². The van der Waals surface area contributed by atoms with E-state index in [1.807, 2.05) is 6.92 Å². The fourth-order valence-corrected chi connectivity index (χ4v) is 6.06. The summed E-state index contributed by atoms with van der Waals surface area (Å²) in [6, 6.07) is 0. The van der Waals surface area contributed by atoms with Crippen molar-refractivity contribution in [2.45, 2.75) is 102 Å². The van der Waals surface area contributed by atoms with E-state index in [0.717, 1.165) is 12.8 Å². The van der Waals surface area contributed by atoms with E-state index < -0.39 is 29.5 Å². The highest BCUT2D eigenvalue weighted by Crippen LogP contribution is 2.57. The lowest BCUT2D eigenvalue weighted by atomic mass is 9.57. The lowest BCUT2D eigenvalue weighted by Crippen LogP contribution is -2.56. The molecule has 2 heterocycles. The van der Waals surface area contributed by atoms with Crippen molar-refractivity contribution in [1.29, 1.82) is 0 Å². The Bertz CT molecular complexity index is 561. The van der Waals surface area contributed by atoms with Crippen LogP contribution in [0.25, 0.3) is 0 Å². The number of ether oxygens (including phenoxy) is 2. The molecule has 0 radical (unpaired) electrons. The number of carbonyl (C=O) groups excluding carboxylic acids is 1. The van der Waals surface area contributed by atoms with Crippen molar-refractivity contribution in [2.24, 2.45) is 23.7 Å². The monoisotopic (exact) mass is 384 g/mol. The second kappa shape index (κ2) is 7.29. The minimum Gasteiger partial charge on any atom is -0.459 e. The third-order valence-electron chi connectivity index (χ3n) is 7.37. The number of hydrogen-bond donors (Lipinski definition) is 3. The maximum Gasteiger partial charge on any atom is 0.303 e. The maximum atomic E-state index is 11.8. The summed E-state index contributed by atoms with van der Waals surface area (Å²) in [5.41, 5.74) is -1.80. The molecule has 3 rings (SSSR count). The molecule has 6 nitrogen and oxygen atoms in total. The molecule has 1 aliphatic carbocycles. The molecule has 9 atom stereocenters. The minimum atomic E-state index is -1.11. The first kappa shape index (κ1) is 21.0. The van der Waals surface area contributed by atoms with Gasteiger partial charge in [0.05, 0.1) is 30.0 Å². The van der Waals surface area contributed by atoms with Crippen LogP contribution in [0.1, 0.15) is 66.7 Å². The Hall–Kier alpha value is -0.690. The van der Waals surface area contributed by atoms with E-state index in [0.29, 0.717) is 24.7 Å². The van der Waals surface area contributed by atoms with E-state index in [1.165, 1.54) is 6.92 Å². The number of esters is 1. The second-order valence-electron chi connectivity index (χ2n) is 9.82. The molecule has 0 aromatic heterocycles. The van der Waals surface area contributed by atoms with Crippen LogP contribution in [0.15, 0.2) is 0 Å². The molecule has 2 bridgehead atoms. The van der Waals surface area contributed by atoms with Crippen molar-refractivity contribution >= 4 is 5.97 Å². The van der Waals surface area contributed by atoms with Crippen LogP contribution in [0.4, 0.5) is 0 Å². The fourth-order valence-electron chi connectivity index (χ4n) is 6.06. The van der Waals surface area contributed by atoms with Gasteiger partial charge in [-0.15, -0.1) is 0 Å². The van der Waals surface area contributed by atoms with Gasteiger partial charge in [0.15, 0.2) is 0 Å². The molecule has 3 N–H and O–H groups in total. The highest BCUT2D eigenvalue weighted by molar-refractivity contribution is 5.66. The van der Waals surface area contributed by atoms with E-state index in [2.05, 4.69) is 13.8 Å². The van der Waals surface area contributed by atoms with Crippen LogP contribution in [0.5, 0.6) is 0 Å². The largest absolute Gasteiger partial charge is 0.459 e. The summed E-state index contributed by atoms with van der Waals surface area (Å²) in [7, 11) is 0. The van der Waals surface area contributed by atoms with Crippen LogP contribution in [0.2, 0.25) is 0 Å². The van der Waals surface area contributed by atoms with Gasteiger partial charge in [-0.3, -0.25) is 4.79 Å². The average molecular weight is 385 g/mol. The van der Waals surface area contributed by atoms with Crippen molar-refractivity contribution in [1.82, 2.24) is 0 Å². The summed E-state index contributed by atoms with van der Waals surface area (Å²) in [5.74, 6) is 0.380. The maximum absolute atomic E-state index is 11.8. The van der Waals surface area contributed by atoms with Gasteiger partial charge < -0.3 is 24.8 Å². The first-order chi connectivity index (χ1) is 12.5. The SMILES string of the molecule is CC(=O)O[C@]1(C)CC[C@H](C(C)C)[C@@H]2[C@H]1[C@H]1C[C@H](O)[C@@H](O)CC[C@@](C)(O)[C@@H]2O1. The lowest BCUT2D eigenvalue weighted by Gasteiger charge is -2.50. The quantitative estimate of drug-likeness (QED) is 0.631. The smallest absolute Gasteiger partial charge is 0.303 e. The highest BCUT2D eigenvalue weighted by Gasteiger charge is 2.63. The molecule has 2 saturated heterocycles. The number of fused-ring (bicyclic) bond motifs is 5. The van der Waals surface area contributed by atoms with Crippen LogP contribution < -0.4 is 0 Å². The molecule has 0 amide bonds. The van der Waals surface area contributed by atoms with Gasteiger partial charge in [-0.1, -0.05) is 13.8 Å². The Morgan fingerprint density at radius 2 is 1.81 bits per heavy atom. The number of hydrogen-bond acceptors (Lipinski definition) is 6. The molecule has 0 aromatic rings. The molecule has 3 aliphatic rings. The molecular weight excluding hydrogens is 348 g/mol. The summed E-state index contributed by atoms with van der Waals surface area (Å²) in [6.45, 7) is 9.55. The van der Waals surface area contributed by atoms with Crippen LogP contribution in [-0.4, -0.2) is 56.9 Å². The zero-order valence-corrected chi connectivity index (χ0v) is 17.2. The van der Waals surface area contributed by atoms with Crippen molar-refractivity contribution in [3.63, 3.8) is 0 Å². The van der Waals surface area contributed by atoms with Gasteiger partial charge in [-0.05, 0) is 51.4 Å². The molecule has 156 valence electrons. The van der Waals surface area contributed by atoms with Crippen LogP contribution in [-0.2, 0) is 14.3 Å². The van der Waals surface area contributed by atoms with Crippen molar-refractivity contribution in [2.75, 3.05) is 0 Å².